The van der Waals surface area contributed by atoms with E-state index in [0.29, 0.717) is 30.3 Å². The number of carbonyl (C=O) groups excluding carboxylic acids is 1. The molecule has 0 aliphatic heterocycles. The van der Waals surface area contributed by atoms with E-state index in [1.807, 2.05) is 13.0 Å². The Morgan fingerprint density at radius 2 is 2.09 bits per heavy atom. The number of rotatable bonds is 8. The molecule has 0 unspecified atom stereocenters. The molecule has 0 radical (unpaired) electrons. The molecule has 0 atom stereocenters. The lowest BCUT2D eigenvalue weighted by Gasteiger charge is -2.17. The van der Waals surface area contributed by atoms with E-state index in [2.05, 4.69) is 5.32 Å². The van der Waals surface area contributed by atoms with Gasteiger partial charge in [0.25, 0.3) is 5.91 Å². The molecule has 0 spiro atoms. The first-order chi connectivity index (χ1) is 11.1. The topological polar surface area (TPSA) is 94.8 Å². The van der Waals surface area contributed by atoms with Gasteiger partial charge in [-0.1, -0.05) is 0 Å². The quantitative estimate of drug-likeness (QED) is 0.555. The number of nitrogens with one attached hydrogen (secondary N) is 1. The Bertz CT molecular complexity index is 608. The van der Waals surface area contributed by atoms with Gasteiger partial charge < -0.3 is 24.8 Å². The molecule has 0 aromatic heterocycles. The molecular formula is C16H21N3O4. The normalized spacial score (nSPS) is 10.7. The largest absolute Gasteiger partial charge is 0.493 e. The Kier molecular flexibility index (Phi) is 7.43. The van der Waals surface area contributed by atoms with Crippen molar-refractivity contribution in [2.45, 2.75) is 6.92 Å². The third-order valence-electron chi connectivity index (χ3n) is 3.11. The summed E-state index contributed by atoms with van der Waals surface area (Å²) in [5.74, 6) is 0.487. The number of hydrogen-bond acceptors (Lipinski definition) is 6. The van der Waals surface area contributed by atoms with Crippen molar-refractivity contribution in [2.75, 3.05) is 39.2 Å². The van der Waals surface area contributed by atoms with Crippen LogP contribution in [-0.2, 0) is 4.79 Å². The van der Waals surface area contributed by atoms with Crippen molar-refractivity contribution in [2.24, 2.45) is 0 Å². The lowest BCUT2D eigenvalue weighted by Crippen LogP contribution is -2.23. The van der Waals surface area contributed by atoms with E-state index < -0.39 is 5.91 Å². The molecule has 1 aromatic carbocycles. The van der Waals surface area contributed by atoms with E-state index >= 15 is 0 Å². The molecule has 7 nitrogen and oxygen atoms in total. The maximum absolute atomic E-state index is 12.2. The zero-order chi connectivity index (χ0) is 17.2. The molecule has 1 rings (SSSR count). The van der Waals surface area contributed by atoms with Gasteiger partial charge in [-0.3, -0.25) is 4.79 Å². The number of benzene rings is 1. The smallest absolute Gasteiger partial charge is 0.267 e. The lowest BCUT2D eigenvalue weighted by molar-refractivity contribution is -0.112. The number of carbonyl (C=O) groups is 1. The Labute approximate surface area is 135 Å². The first-order valence-electron chi connectivity index (χ1n) is 7.09. The fourth-order valence-electron chi connectivity index (χ4n) is 1.88. The number of likely N-dealkylation sites (N-methyl/N-ethyl adjacent to an activating group) is 1. The van der Waals surface area contributed by atoms with Crippen molar-refractivity contribution in [1.29, 1.82) is 5.26 Å². The van der Waals surface area contributed by atoms with Gasteiger partial charge in [0.15, 0.2) is 11.5 Å². The second kappa shape index (κ2) is 9.33. The fraction of sp³-hybridized carbons (Fsp3) is 0.375. The molecule has 0 aliphatic rings. The maximum atomic E-state index is 12.2. The average molecular weight is 319 g/mol. The zero-order valence-electron chi connectivity index (χ0n) is 13.5. The third kappa shape index (κ3) is 5.20. The van der Waals surface area contributed by atoms with Gasteiger partial charge in [0.1, 0.15) is 11.6 Å². The van der Waals surface area contributed by atoms with E-state index in [1.54, 1.807) is 23.1 Å². The first kappa shape index (κ1) is 18.3. The second-order valence-electron chi connectivity index (χ2n) is 4.53. The summed E-state index contributed by atoms with van der Waals surface area (Å²) in [5.41, 5.74) is 0.439. The molecule has 23 heavy (non-hydrogen) atoms. The Hall–Kier alpha value is -2.72. The van der Waals surface area contributed by atoms with Crippen molar-refractivity contribution in [3.05, 3.63) is 30.0 Å². The van der Waals surface area contributed by atoms with E-state index in [9.17, 15) is 4.79 Å². The molecule has 2 N–H and O–H groups in total. The molecule has 1 aromatic rings. The number of nitriles is 1. The van der Waals surface area contributed by atoms with E-state index in [0.717, 1.165) is 0 Å². The summed E-state index contributed by atoms with van der Waals surface area (Å²) in [6, 6.07) is 6.79. The number of aliphatic hydroxyl groups is 1. The first-order valence-corrected chi connectivity index (χ1v) is 7.09. The fourth-order valence-corrected chi connectivity index (χ4v) is 1.88. The summed E-state index contributed by atoms with van der Waals surface area (Å²) in [4.78, 5) is 13.9. The van der Waals surface area contributed by atoms with Crippen molar-refractivity contribution >= 4 is 11.6 Å². The van der Waals surface area contributed by atoms with Crippen molar-refractivity contribution < 1.29 is 19.4 Å². The number of ether oxygens (including phenoxy) is 2. The summed E-state index contributed by atoms with van der Waals surface area (Å²) < 4.78 is 10.3. The van der Waals surface area contributed by atoms with Crippen molar-refractivity contribution in [1.82, 2.24) is 4.90 Å². The van der Waals surface area contributed by atoms with Gasteiger partial charge in [-0.2, -0.15) is 5.26 Å². The molecule has 0 heterocycles. The van der Waals surface area contributed by atoms with Crippen LogP contribution in [0.15, 0.2) is 30.0 Å². The SMILES string of the molecule is CCN(/C=C(/C#N)C(=O)Nc1ccc(OC)c(OC)c1)CCO. The second-order valence-corrected chi connectivity index (χ2v) is 4.53. The predicted molar refractivity (Wildman–Crippen MR) is 86.2 cm³/mol. The monoisotopic (exact) mass is 319 g/mol. The van der Waals surface area contributed by atoms with Crippen LogP contribution in [0.25, 0.3) is 0 Å². The Morgan fingerprint density at radius 3 is 2.61 bits per heavy atom. The number of aliphatic hydroxyl groups excluding tert-OH is 1. The van der Waals surface area contributed by atoms with Crippen LogP contribution < -0.4 is 14.8 Å². The molecule has 0 saturated heterocycles. The van der Waals surface area contributed by atoms with Crippen LogP contribution in [0.5, 0.6) is 11.5 Å². The Morgan fingerprint density at radius 1 is 1.39 bits per heavy atom. The minimum absolute atomic E-state index is 0.0462. The summed E-state index contributed by atoms with van der Waals surface area (Å²) in [6.07, 6.45) is 1.44. The molecule has 124 valence electrons. The molecule has 0 bridgehead atoms. The van der Waals surface area contributed by atoms with Gasteiger partial charge in [-0.25, -0.2) is 0 Å². The van der Waals surface area contributed by atoms with Crippen molar-refractivity contribution in [3.63, 3.8) is 0 Å². The van der Waals surface area contributed by atoms with E-state index in [1.165, 1.54) is 20.4 Å². The van der Waals surface area contributed by atoms with Crippen molar-refractivity contribution in [3.8, 4) is 17.6 Å². The molecule has 0 saturated carbocycles. The highest BCUT2D eigenvalue weighted by atomic mass is 16.5. The molecule has 7 heteroatoms. The van der Waals surface area contributed by atoms with Crippen LogP contribution >= 0.6 is 0 Å². The van der Waals surface area contributed by atoms with Crippen LogP contribution in [0.4, 0.5) is 5.69 Å². The zero-order valence-corrected chi connectivity index (χ0v) is 13.5. The van der Waals surface area contributed by atoms with Crippen LogP contribution in [0.2, 0.25) is 0 Å². The van der Waals surface area contributed by atoms with Crippen LogP contribution in [0.3, 0.4) is 0 Å². The predicted octanol–water partition coefficient (Wildman–Crippen LogP) is 1.36. The highest BCUT2D eigenvalue weighted by Gasteiger charge is 2.12. The summed E-state index contributed by atoms with van der Waals surface area (Å²) in [6.45, 7) is 2.74. The van der Waals surface area contributed by atoms with Gasteiger partial charge in [0.05, 0.1) is 20.8 Å². The molecular weight excluding hydrogens is 298 g/mol. The number of methoxy groups -OCH3 is 2. The van der Waals surface area contributed by atoms with Gasteiger partial charge in [0, 0.05) is 31.0 Å². The van der Waals surface area contributed by atoms with Crippen LogP contribution in [0.1, 0.15) is 6.92 Å². The lowest BCUT2D eigenvalue weighted by atomic mass is 10.2. The molecule has 0 fully saturated rings. The highest BCUT2D eigenvalue weighted by Crippen LogP contribution is 2.29. The number of anilines is 1. The number of amides is 1. The third-order valence-corrected chi connectivity index (χ3v) is 3.11. The van der Waals surface area contributed by atoms with Crippen LogP contribution in [0, 0.1) is 11.3 Å². The van der Waals surface area contributed by atoms with E-state index in [-0.39, 0.29) is 12.2 Å². The Balaban J connectivity index is 2.92. The van der Waals surface area contributed by atoms with E-state index in [4.69, 9.17) is 19.8 Å². The van der Waals surface area contributed by atoms with Gasteiger partial charge in [-0.15, -0.1) is 0 Å². The number of hydrogen-bond donors (Lipinski definition) is 2. The molecule has 0 aliphatic carbocycles. The standard InChI is InChI=1S/C16H21N3O4/c1-4-19(7-8-20)11-12(10-17)16(21)18-13-5-6-14(22-2)15(9-13)23-3/h5-6,9,11,20H,4,7-8H2,1-3H3,(H,18,21)/b12-11-. The summed E-state index contributed by atoms with van der Waals surface area (Å²) in [5, 5.41) is 20.7. The van der Waals surface area contributed by atoms with Crippen LogP contribution in [-0.4, -0.2) is 49.8 Å². The summed E-state index contributed by atoms with van der Waals surface area (Å²) in [7, 11) is 3.02. The minimum Gasteiger partial charge on any atom is -0.493 e. The summed E-state index contributed by atoms with van der Waals surface area (Å²) >= 11 is 0. The maximum Gasteiger partial charge on any atom is 0.267 e. The minimum atomic E-state index is -0.531. The van der Waals surface area contributed by atoms with Gasteiger partial charge >= 0.3 is 0 Å². The van der Waals surface area contributed by atoms with Gasteiger partial charge in [-0.05, 0) is 19.1 Å². The molecule has 1 amide bonds. The highest BCUT2D eigenvalue weighted by molar-refractivity contribution is 6.06. The number of nitrogens with zero attached hydrogens (tertiary/aromatic N) is 2. The average Bonchev–Trinajstić information content (AvgIpc) is 2.58. The van der Waals surface area contributed by atoms with Gasteiger partial charge in [0.2, 0.25) is 0 Å².